The largest absolute Gasteiger partial charge is 0.490 e. The average molecular weight is 219 g/mol. The summed E-state index contributed by atoms with van der Waals surface area (Å²) in [6.07, 6.45) is 5.01. The molecule has 1 aliphatic rings. The second-order valence-corrected chi connectivity index (χ2v) is 4.46. The van der Waals surface area contributed by atoms with E-state index < -0.39 is 0 Å². The van der Waals surface area contributed by atoms with Gasteiger partial charge in [-0.25, -0.2) is 0 Å². The normalized spacial score (nSPS) is 17.3. The van der Waals surface area contributed by atoms with Crippen molar-refractivity contribution in [2.75, 3.05) is 13.1 Å². The van der Waals surface area contributed by atoms with Crippen molar-refractivity contribution in [3.8, 4) is 5.75 Å². The maximum atomic E-state index is 5.95. The Morgan fingerprint density at radius 1 is 1.19 bits per heavy atom. The Kier molecular flexibility index (Phi) is 4.23. The fourth-order valence-electron chi connectivity index (χ4n) is 2.13. The van der Waals surface area contributed by atoms with Gasteiger partial charge in [-0.15, -0.1) is 0 Å². The third-order valence-corrected chi connectivity index (χ3v) is 3.05. The molecule has 2 rings (SSSR count). The summed E-state index contributed by atoms with van der Waals surface area (Å²) in [6, 6.07) is 8.57. The monoisotopic (exact) mass is 219 g/mol. The van der Waals surface area contributed by atoms with Crippen molar-refractivity contribution >= 4 is 0 Å². The first-order valence-electron chi connectivity index (χ1n) is 6.35. The molecule has 0 aromatic heterocycles. The fourth-order valence-corrected chi connectivity index (χ4v) is 2.13. The van der Waals surface area contributed by atoms with Crippen LogP contribution in [0.3, 0.4) is 0 Å². The zero-order valence-corrected chi connectivity index (χ0v) is 10.0. The summed E-state index contributed by atoms with van der Waals surface area (Å²) in [5.74, 6) is 1.02. The van der Waals surface area contributed by atoms with Gasteiger partial charge in [-0.3, -0.25) is 0 Å². The van der Waals surface area contributed by atoms with Crippen molar-refractivity contribution in [1.82, 2.24) is 5.32 Å². The average Bonchev–Trinajstić information content (AvgIpc) is 2.33. The van der Waals surface area contributed by atoms with Crippen LogP contribution in [0.25, 0.3) is 0 Å². The summed E-state index contributed by atoms with van der Waals surface area (Å²) < 4.78 is 5.95. The summed E-state index contributed by atoms with van der Waals surface area (Å²) in [7, 11) is 0. The first-order chi connectivity index (χ1) is 7.88. The smallest absolute Gasteiger partial charge is 0.119 e. The third kappa shape index (κ3) is 3.24. The molecule has 0 bridgehead atoms. The second kappa shape index (κ2) is 5.90. The van der Waals surface area contributed by atoms with E-state index in [9.17, 15) is 0 Å². The number of nitrogens with one attached hydrogen (secondary N) is 1. The van der Waals surface area contributed by atoms with Gasteiger partial charge in [0.2, 0.25) is 0 Å². The molecule has 16 heavy (non-hydrogen) atoms. The van der Waals surface area contributed by atoms with Crippen LogP contribution in [-0.2, 0) is 6.42 Å². The highest BCUT2D eigenvalue weighted by molar-refractivity contribution is 5.27. The predicted molar refractivity (Wildman–Crippen MR) is 67.0 cm³/mol. The van der Waals surface area contributed by atoms with E-state index in [0.29, 0.717) is 6.10 Å². The molecule has 1 heterocycles. The summed E-state index contributed by atoms with van der Waals surface area (Å²) >= 11 is 0. The Morgan fingerprint density at radius 2 is 1.88 bits per heavy atom. The minimum absolute atomic E-state index is 0.401. The van der Waals surface area contributed by atoms with Gasteiger partial charge in [0.05, 0.1) is 0 Å². The number of rotatable bonds is 4. The molecule has 1 aromatic rings. The molecule has 0 atom stereocenters. The molecule has 1 aromatic carbocycles. The van der Waals surface area contributed by atoms with Gasteiger partial charge in [-0.1, -0.05) is 25.5 Å². The van der Waals surface area contributed by atoms with Gasteiger partial charge in [-0.2, -0.15) is 0 Å². The minimum atomic E-state index is 0.401. The van der Waals surface area contributed by atoms with Gasteiger partial charge in [0, 0.05) is 0 Å². The van der Waals surface area contributed by atoms with Crippen molar-refractivity contribution in [3.05, 3.63) is 29.8 Å². The lowest BCUT2D eigenvalue weighted by molar-refractivity contribution is 0.162. The highest BCUT2D eigenvalue weighted by atomic mass is 16.5. The Hall–Kier alpha value is -1.02. The SMILES string of the molecule is CCCc1ccc(OC2CCNCC2)cc1. The summed E-state index contributed by atoms with van der Waals surface area (Å²) in [5, 5.41) is 3.35. The van der Waals surface area contributed by atoms with E-state index in [4.69, 9.17) is 4.74 Å². The van der Waals surface area contributed by atoms with Crippen LogP contribution < -0.4 is 10.1 Å². The number of benzene rings is 1. The molecule has 1 aliphatic heterocycles. The molecule has 0 saturated carbocycles. The van der Waals surface area contributed by atoms with E-state index in [1.807, 2.05) is 0 Å². The zero-order valence-electron chi connectivity index (χ0n) is 10.0. The standard InChI is InChI=1S/C14H21NO/c1-2-3-12-4-6-13(7-5-12)16-14-8-10-15-11-9-14/h4-7,14-15H,2-3,8-11H2,1H3. The van der Waals surface area contributed by atoms with Crippen molar-refractivity contribution in [2.24, 2.45) is 0 Å². The topological polar surface area (TPSA) is 21.3 Å². The lowest BCUT2D eigenvalue weighted by Crippen LogP contribution is -2.34. The van der Waals surface area contributed by atoms with E-state index in [0.717, 1.165) is 38.1 Å². The lowest BCUT2D eigenvalue weighted by Gasteiger charge is -2.23. The molecule has 1 N–H and O–H groups in total. The van der Waals surface area contributed by atoms with Gasteiger partial charge in [0.25, 0.3) is 0 Å². The molecule has 0 amide bonds. The van der Waals surface area contributed by atoms with Crippen LogP contribution in [0, 0.1) is 0 Å². The number of piperidine rings is 1. The number of hydrogen-bond donors (Lipinski definition) is 1. The zero-order chi connectivity index (χ0) is 11.2. The van der Waals surface area contributed by atoms with E-state index in [1.54, 1.807) is 0 Å². The maximum absolute atomic E-state index is 5.95. The molecule has 1 saturated heterocycles. The Balaban J connectivity index is 1.88. The Labute approximate surface area is 98.0 Å². The number of ether oxygens (including phenoxy) is 1. The molecule has 2 heteroatoms. The Bertz CT molecular complexity index is 301. The van der Waals surface area contributed by atoms with Gasteiger partial charge in [0.1, 0.15) is 11.9 Å². The van der Waals surface area contributed by atoms with E-state index in [1.165, 1.54) is 12.0 Å². The van der Waals surface area contributed by atoms with Gasteiger partial charge < -0.3 is 10.1 Å². The summed E-state index contributed by atoms with van der Waals surface area (Å²) in [5.41, 5.74) is 1.40. The molecule has 2 nitrogen and oxygen atoms in total. The van der Waals surface area contributed by atoms with Crippen LogP contribution in [0.2, 0.25) is 0 Å². The molecule has 0 radical (unpaired) electrons. The van der Waals surface area contributed by atoms with E-state index in [-0.39, 0.29) is 0 Å². The van der Waals surface area contributed by atoms with E-state index in [2.05, 4.69) is 36.5 Å². The van der Waals surface area contributed by atoms with Crippen LogP contribution in [0.1, 0.15) is 31.7 Å². The first kappa shape index (κ1) is 11.5. The molecular formula is C14H21NO. The van der Waals surface area contributed by atoms with Crippen LogP contribution in [0.4, 0.5) is 0 Å². The fraction of sp³-hybridized carbons (Fsp3) is 0.571. The summed E-state index contributed by atoms with van der Waals surface area (Å²) in [4.78, 5) is 0. The molecule has 88 valence electrons. The molecule has 1 fully saturated rings. The molecule has 0 spiro atoms. The summed E-state index contributed by atoms with van der Waals surface area (Å²) in [6.45, 7) is 4.37. The van der Waals surface area contributed by atoms with E-state index >= 15 is 0 Å². The molecular weight excluding hydrogens is 198 g/mol. The predicted octanol–water partition coefficient (Wildman–Crippen LogP) is 2.77. The van der Waals surface area contributed by atoms with Gasteiger partial charge >= 0.3 is 0 Å². The third-order valence-electron chi connectivity index (χ3n) is 3.05. The van der Waals surface area contributed by atoms with Crippen molar-refractivity contribution in [3.63, 3.8) is 0 Å². The van der Waals surface area contributed by atoms with Crippen LogP contribution in [-0.4, -0.2) is 19.2 Å². The van der Waals surface area contributed by atoms with Crippen LogP contribution in [0.5, 0.6) is 5.75 Å². The minimum Gasteiger partial charge on any atom is -0.490 e. The maximum Gasteiger partial charge on any atom is 0.119 e. The number of hydrogen-bond acceptors (Lipinski definition) is 2. The first-order valence-corrected chi connectivity index (χ1v) is 6.35. The number of aryl methyl sites for hydroxylation is 1. The quantitative estimate of drug-likeness (QED) is 0.840. The highest BCUT2D eigenvalue weighted by Gasteiger charge is 2.13. The van der Waals surface area contributed by atoms with Crippen LogP contribution in [0.15, 0.2) is 24.3 Å². The molecule has 0 unspecified atom stereocenters. The van der Waals surface area contributed by atoms with Crippen molar-refractivity contribution < 1.29 is 4.74 Å². The van der Waals surface area contributed by atoms with Crippen molar-refractivity contribution in [1.29, 1.82) is 0 Å². The second-order valence-electron chi connectivity index (χ2n) is 4.46. The van der Waals surface area contributed by atoms with Gasteiger partial charge in [0.15, 0.2) is 0 Å². The van der Waals surface area contributed by atoms with Gasteiger partial charge in [-0.05, 0) is 50.0 Å². The lowest BCUT2D eigenvalue weighted by atomic mass is 10.1. The van der Waals surface area contributed by atoms with Crippen LogP contribution >= 0.6 is 0 Å². The highest BCUT2D eigenvalue weighted by Crippen LogP contribution is 2.17. The van der Waals surface area contributed by atoms with Crippen molar-refractivity contribution in [2.45, 2.75) is 38.7 Å². The Morgan fingerprint density at radius 3 is 2.50 bits per heavy atom. The molecule has 0 aliphatic carbocycles.